The van der Waals surface area contributed by atoms with Gasteiger partial charge in [0, 0.05) is 0 Å². The molecule has 0 aliphatic heterocycles. The molecule has 64 valence electrons. The second kappa shape index (κ2) is 8.09. The summed E-state index contributed by atoms with van der Waals surface area (Å²) < 4.78 is 16.1. The highest BCUT2D eigenvalue weighted by molar-refractivity contribution is 6.22. The molecular weight excluding hydrogens is 160 g/mol. The zero-order valence-electron chi connectivity index (χ0n) is 6.60. The van der Waals surface area contributed by atoms with Crippen molar-refractivity contribution in [3.05, 3.63) is 0 Å². The van der Waals surface area contributed by atoms with Crippen LogP contribution < -0.4 is 5.32 Å². The monoisotopic (exact) mass is 169 g/mol. The van der Waals surface area contributed by atoms with Crippen LogP contribution in [0.4, 0.5) is 4.39 Å². The third kappa shape index (κ3) is 7.10. The summed E-state index contributed by atoms with van der Waals surface area (Å²) in [7, 11) is 4.84. The molecular formula is C7H9BFNO2. The largest absolute Gasteiger partial charge is 0.369 e. The fraction of sp³-hybridized carbons (Fsp3) is 0.571. The van der Waals surface area contributed by atoms with E-state index in [0.29, 0.717) is 0 Å². The smallest absolute Gasteiger partial charge is 0.246 e. The minimum atomic E-state index is -0.587. The van der Waals surface area contributed by atoms with E-state index in [4.69, 9.17) is 7.85 Å². The molecule has 2 radical (unpaired) electrons. The van der Waals surface area contributed by atoms with E-state index >= 15 is 0 Å². The molecule has 0 heterocycles. The summed E-state index contributed by atoms with van der Waals surface area (Å²) in [6, 6.07) is 0. The van der Waals surface area contributed by atoms with Gasteiger partial charge in [0.1, 0.15) is 13.3 Å². The number of alkyl halides is 1. The van der Waals surface area contributed by atoms with Gasteiger partial charge in [0.05, 0.1) is 13.2 Å². The van der Waals surface area contributed by atoms with Crippen molar-refractivity contribution in [3.63, 3.8) is 0 Å². The Morgan fingerprint density at radius 3 is 3.00 bits per heavy atom. The Hall–Kier alpha value is -1.02. The van der Waals surface area contributed by atoms with Gasteiger partial charge in [-0.3, -0.25) is 4.79 Å². The lowest BCUT2D eigenvalue weighted by molar-refractivity contribution is -0.125. The molecule has 1 amide bonds. The summed E-state index contributed by atoms with van der Waals surface area (Å²) in [4.78, 5) is 10.7. The van der Waals surface area contributed by atoms with Gasteiger partial charge in [0.25, 0.3) is 0 Å². The molecule has 0 aliphatic carbocycles. The minimum absolute atomic E-state index is 0.0595. The van der Waals surface area contributed by atoms with Gasteiger partial charge in [-0.1, -0.05) is 5.92 Å². The number of carbonyl (C=O) groups is 1. The van der Waals surface area contributed by atoms with Crippen LogP contribution in [0.5, 0.6) is 0 Å². The number of amides is 1. The fourth-order valence-electron chi connectivity index (χ4n) is 0.464. The SMILES string of the molecule is [B]C#CCNC(=O)COCCF. The number of rotatable bonds is 5. The number of hydrogen-bond acceptors (Lipinski definition) is 2. The van der Waals surface area contributed by atoms with Crippen LogP contribution in [0.3, 0.4) is 0 Å². The Kier molecular flexibility index (Phi) is 7.40. The molecule has 1 N–H and O–H groups in total. The molecule has 5 heteroatoms. The van der Waals surface area contributed by atoms with Gasteiger partial charge in [0.15, 0.2) is 7.85 Å². The molecule has 12 heavy (non-hydrogen) atoms. The zero-order chi connectivity index (χ0) is 9.23. The van der Waals surface area contributed by atoms with Crippen LogP contribution in [0, 0.1) is 11.7 Å². The maximum atomic E-state index is 11.5. The Balaban J connectivity index is 3.25. The second-order valence-corrected chi connectivity index (χ2v) is 1.84. The van der Waals surface area contributed by atoms with Gasteiger partial charge in [-0.25, -0.2) is 4.39 Å². The summed E-state index contributed by atoms with van der Waals surface area (Å²) in [5.74, 6) is 4.23. The maximum absolute atomic E-state index is 11.5. The summed E-state index contributed by atoms with van der Waals surface area (Å²) in [5, 5.41) is 2.40. The van der Waals surface area contributed by atoms with Crippen LogP contribution in [0.25, 0.3) is 0 Å². The second-order valence-electron chi connectivity index (χ2n) is 1.84. The minimum Gasteiger partial charge on any atom is -0.369 e. The summed E-state index contributed by atoms with van der Waals surface area (Å²) in [6.07, 6.45) is 0. The van der Waals surface area contributed by atoms with E-state index in [2.05, 4.69) is 21.8 Å². The van der Waals surface area contributed by atoms with Crippen molar-refractivity contribution < 1.29 is 13.9 Å². The number of hydrogen-bond donors (Lipinski definition) is 1. The normalized spacial score (nSPS) is 8.42. The third-order valence-electron chi connectivity index (χ3n) is 0.931. The molecule has 0 aliphatic rings. The van der Waals surface area contributed by atoms with Crippen LogP contribution in [0.15, 0.2) is 0 Å². The summed E-state index contributed by atoms with van der Waals surface area (Å²) in [5.41, 5.74) is 0. The molecule has 0 bridgehead atoms. The average molecular weight is 169 g/mol. The van der Waals surface area contributed by atoms with Crippen molar-refractivity contribution in [1.82, 2.24) is 5.32 Å². The van der Waals surface area contributed by atoms with Crippen molar-refractivity contribution >= 4 is 13.8 Å². The first-order chi connectivity index (χ1) is 5.81. The van der Waals surface area contributed by atoms with Crippen LogP contribution >= 0.6 is 0 Å². The van der Waals surface area contributed by atoms with E-state index in [0.717, 1.165) is 0 Å². The number of nitrogens with one attached hydrogen (secondary N) is 1. The topological polar surface area (TPSA) is 38.3 Å². The lowest BCUT2D eigenvalue weighted by Gasteiger charge is -2.00. The fourth-order valence-corrected chi connectivity index (χ4v) is 0.464. The number of carbonyl (C=O) groups excluding carboxylic acids is 1. The average Bonchev–Trinajstić information content (AvgIpc) is 2.06. The maximum Gasteiger partial charge on any atom is 0.246 e. The first kappa shape index (κ1) is 11.0. The molecule has 0 unspecified atom stereocenters. The molecule has 0 rings (SSSR count). The molecule has 0 saturated heterocycles. The molecule has 0 atom stereocenters. The Morgan fingerprint density at radius 2 is 2.42 bits per heavy atom. The van der Waals surface area contributed by atoms with Gasteiger partial charge >= 0.3 is 0 Å². The first-order valence-electron chi connectivity index (χ1n) is 3.40. The Morgan fingerprint density at radius 1 is 1.67 bits per heavy atom. The highest BCUT2D eigenvalue weighted by Crippen LogP contribution is 1.75. The van der Waals surface area contributed by atoms with Crippen molar-refractivity contribution in [3.8, 4) is 11.7 Å². The van der Waals surface area contributed by atoms with Gasteiger partial charge in [-0.15, -0.1) is 0 Å². The lowest BCUT2D eigenvalue weighted by Crippen LogP contribution is -2.28. The Labute approximate surface area is 72.1 Å². The standard InChI is InChI=1S/C7H9BFNO2/c8-2-1-4-10-7(11)6-12-5-3-9/h3-6H2,(H,10,11). The van der Waals surface area contributed by atoms with E-state index < -0.39 is 6.67 Å². The van der Waals surface area contributed by atoms with Gasteiger partial charge in [0.2, 0.25) is 5.91 Å². The first-order valence-corrected chi connectivity index (χ1v) is 3.40. The predicted octanol–water partition coefficient (Wildman–Crippen LogP) is -0.782. The summed E-state index contributed by atoms with van der Waals surface area (Å²) >= 11 is 0. The highest BCUT2D eigenvalue weighted by atomic mass is 19.1. The van der Waals surface area contributed by atoms with Crippen LogP contribution in [-0.2, 0) is 9.53 Å². The molecule has 0 saturated carbocycles. The number of halogens is 1. The zero-order valence-corrected chi connectivity index (χ0v) is 6.60. The van der Waals surface area contributed by atoms with E-state index in [1.807, 2.05) is 0 Å². The predicted molar refractivity (Wildman–Crippen MR) is 43.3 cm³/mol. The van der Waals surface area contributed by atoms with Gasteiger partial charge in [-0.05, 0) is 0 Å². The molecule has 0 fully saturated rings. The van der Waals surface area contributed by atoms with Crippen molar-refractivity contribution in [2.75, 3.05) is 26.4 Å². The van der Waals surface area contributed by atoms with Crippen molar-refractivity contribution in [2.45, 2.75) is 0 Å². The van der Waals surface area contributed by atoms with Gasteiger partial charge in [-0.2, -0.15) is 5.82 Å². The lowest BCUT2D eigenvalue weighted by atomic mass is 10.2. The van der Waals surface area contributed by atoms with Crippen LogP contribution in [0.2, 0.25) is 0 Å². The molecule has 0 aromatic heterocycles. The molecule has 0 spiro atoms. The van der Waals surface area contributed by atoms with Crippen molar-refractivity contribution in [1.29, 1.82) is 0 Å². The molecule has 0 aromatic carbocycles. The van der Waals surface area contributed by atoms with Crippen LogP contribution in [-0.4, -0.2) is 40.2 Å². The van der Waals surface area contributed by atoms with E-state index in [9.17, 15) is 9.18 Å². The van der Waals surface area contributed by atoms with Crippen molar-refractivity contribution in [2.24, 2.45) is 0 Å². The Bertz CT molecular complexity index is 188. The van der Waals surface area contributed by atoms with E-state index in [1.54, 1.807) is 0 Å². The van der Waals surface area contributed by atoms with Gasteiger partial charge < -0.3 is 10.1 Å². The van der Waals surface area contributed by atoms with E-state index in [-0.39, 0.29) is 25.7 Å². The van der Waals surface area contributed by atoms with E-state index in [1.165, 1.54) is 0 Å². The molecule has 0 aromatic rings. The third-order valence-corrected chi connectivity index (χ3v) is 0.931. The number of ether oxygens (including phenoxy) is 1. The molecule has 3 nitrogen and oxygen atoms in total. The summed E-state index contributed by atoms with van der Waals surface area (Å²) in [6.45, 7) is -0.601. The quantitative estimate of drug-likeness (QED) is 0.333. The van der Waals surface area contributed by atoms with Crippen LogP contribution in [0.1, 0.15) is 0 Å². The highest BCUT2D eigenvalue weighted by Gasteiger charge is 1.97.